The van der Waals surface area contributed by atoms with Gasteiger partial charge in [-0.25, -0.2) is 0 Å². The first-order valence-electron chi connectivity index (χ1n) is 6.78. The molecule has 1 amide bonds. The highest BCUT2D eigenvalue weighted by Gasteiger charge is 2.29. The molecular formula is C15H15Cl2NO2S. The lowest BCUT2D eigenvalue weighted by atomic mass is 10.2. The molecule has 0 unspecified atom stereocenters. The number of benzene rings is 1. The molecule has 1 aromatic carbocycles. The number of nitrogens with zero attached hydrogens (tertiary/aromatic N) is 1. The third kappa shape index (κ3) is 2.90. The maximum absolute atomic E-state index is 12.7. The predicted octanol–water partition coefficient (Wildman–Crippen LogP) is 4.46. The molecule has 1 aliphatic rings. The van der Waals surface area contributed by atoms with Crippen molar-refractivity contribution in [1.82, 2.24) is 4.90 Å². The van der Waals surface area contributed by atoms with Crippen molar-refractivity contribution in [3.8, 4) is 0 Å². The van der Waals surface area contributed by atoms with Gasteiger partial charge in [0.05, 0.1) is 17.2 Å². The van der Waals surface area contributed by atoms with Crippen molar-refractivity contribution in [2.24, 2.45) is 0 Å². The van der Waals surface area contributed by atoms with Gasteiger partial charge in [0.15, 0.2) is 0 Å². The summed E-state index contributed by atoms with van der Waals surface area (Å²) in [5, 5.41) is 2.04. The van der Waals surface area contributed by atoms with E-state index in [9.17, 15) is 4.79 Å². The zero-order valence-corrected chi connectivity index (χ0v) is 14.1. The molecule has 0 aliphatic carbocycles. The summed E-state index contributed by atoms with van der Waals surface area (Å²) in [7, 11) is 0. The molecular weight excluding hydrogens is 329 g/mol. The van der Waals surface area contributed by atoms with Crippen LogP contribution < -0.4 is 0 Å². The second-order valence-electron chi connectivity index (χ2n) is 5.35. The van der Waals surface area contributed by atoms with Crippen LogP contribution in [0.3, 0.4) is 0 Å². The van der Waals surface area contributed by atoms with Gasteiger partial charge in [0.1, 0.15) is 4.88 Å². The lowest BCUT2D eigenvalue weighted by Crippen LogP contribution is -2.48. The number of amides is 1. The van der Waals surface area contributed by atoms with Gasteiger partial charge < -0.3 is 9.64 Å². The summed E-state index contributed by atoms with van der Waals surface area (Å²) in [6.45, 7) is 5.13. The lowest BCUT2D eigenvalue weighted by molar-refractivity contribution is -0.0584. The fourth-order valence-corrected chi connectivity index (χ4v) is 4.42. The zero-order chi connectivity index (χ0) is 15.1. The Kier molecular flexibility index (Phi) is 4.14. The van der Waals surface area contributed by atoms with E-state index in [-0.39, 0.29) is 18.1 Å². The number of thiophene rings is 1. The highest BCUT2D eigenvalue weighted by atomic mass is 35.5. The van der Waals surface area contributed by atoms with Crippen molar-refractivity contribution in [1.29, 1.82) is 0 Å². The molecule has 0 bridgehead atoms. The van der Waals surface area contributed by atoms with Gasteiger partial charge in [-0.15, -0.1) is 11.3 Å². The maximum Gasteiger partial charge on any atom is 0.265 e. The smallest absolute Gasteiger partial charge is 0.265 e. The molecule has 112 valence electrons. The normalized spacial score (nSPS) is 22.8. The van der Waals surface area contributed by atoms with Crippen LogP contribution in [0, 0.1) is 0 Å². The molecule has 6 heteroatoms. The van der Waals surface area contributed by atoms with E-state index in [1.165, 1.54) is 11.3 Å². The van der Waals surface area contributed by atoms with Crippen molar-refractivity contribution in [3.05, 3.63) is 33.1 Å². The van der Waals surface area contributed by atoms with Gasteiger partial charge in [-0.05, 0) is 26.0 Å². The standard InChI is InChI=1S/C15H15Cl2NO2S/c1-8-6-18(7-9(2)20-8)15(19)14-13(17)11-4-3-10(16)5-12(11)21-14/h3-5,8-9H,6-7H2,1-2H3/t8-,9-/m1/s1. The number of hydrogen-bond donors (Lipinski definition) is 0. The Hall–Kier alpha value is -0.810. The summed E-state index contributed by atoms with van der Waals surface area (Å²) in [6, 6.07) is 5.49. The van der Waals surface area contributed by atoms with E-state index in [1.54, 1.807) is 6.07 Å². The molecule has 0 N–H and O–H groups in total. The van der Waals surface area contributed by atoms with Gasteiger partial charge in [-0.3, -0.25) is 4.79 Å². The van der Waals surface area contributed by atoms with E-state index in [4.69, 9.17) is 27.9 Å². The van der Waals surface area contributed by atoms with Gasteiger partial charge in [0.25, 0.3) is 5.91 Å². The van der Waals surface area contributed by atoms with E-state index in [0.29, 0.717) is 28.0 Å². The van der Waals surface area contributed by atoms with Crippen LogP contribution in [0.1, 0.15) is 23.5 Å². The van der Waals surface area contributed by atoms with Crippen molar-refractivity contribution < 1.29 is 9.53 Å². The topological polar surface area (TPSA) is 29.5 Å². The number of ether oxygens (including phenoxy) is 1. The van der Waals surface area contributed by atoms with E-state index in [0.717, 1.165) is 10.1 Å². The summed E-state index contributed by atoms with van der Waals surface area (Å²) in [5.41, 5.74) is 0. The minimum Gasteiger partial charge on any atom is -0.372 e. The zero-order valence-electron chi connectivity index (χ0n) is 11.7. The Morgan fingerprint density at radius 2 is 1.95 bits per heavy atom. The molecule has 2 heterocycles. The maximum atomic E-state index is 12.7. The molecule has 0 saturated carbocycles. The van der Waals surface area contributed by atoms with Crippen molar-refractivity contribution in [2.75, 3.05) is 13.1 Å². The third-order valence-electron chi connectivity index (χ3n) is 3.49. The van der Waals surface area contributed by atoms with Crippen LogP contribution in [0.25, 0.3) is 10.1 Å². The Bertz CT molecular complexity index is 690. The first-order valence-corrected chi connectivity index (χ1v) is 8.35. The number of hydrogen-bond acceptors (Lipinski definition) is 3. The van der Waals surface area contributed by atoms with E-state index >= 15 is 0 Å². The number of carbonyl (C=O) groups excluding carboxylic acids is 1. The molecule has 3 rings (SSSR count). The minimum absolute atomic E-state index is 0.0284. The van der Waals surface area contributed by atoms with Crippen LogP contribution in [-0.2, 0) is 4.74 Å². The SMILES string of the molecule is C[C@@H]1CN(C(=O)c2sc3cc(Cl)ccc3c2Cl)C[C@@H](C)O1. The van der Waals surface area contributed by atoms with Crippen LogP contribution >= 0.6 is 34.5 Å². The van der Waals surface area contributed by atoms with E-state index in [1.807, 2.05) is 30.9 Å². The Labute approximate surface area is 137 Å². The monoisotopic (exact) mass is 343 g/mol. The van der Waals surface area contributed by atoms with E-state index in [2.05, 4.69) is 0 Å². The Balaban J connectivity index is 1.96. The molecule has 1 aliphatic heterocycles. The highest BCUT2D eigenvalue weighted by Crippen LogP contribution is 2.37. The lowest BCUT2D eigenvalue weighted by Gasteiger charge is -2.35. The molecule has 21 heavy (non-hydrogen) atoms. The van der Waals surface area contributed by atoms with Crippen LogP contribution in [0.15, 0.2) is 18.2 Å². The van der Waals surface area contributed by atoms with Gasteiger partial charge in [-0.1, -0.05) is 29.3 Å². The number of fused-ring (bicyclic) bond motifs is 1. The largest absolute Gasteiger partial charge is 0.372 e. The number of rotatable bonds is 1. The molecule has 1 fully saturated rings. The van der Waals surface area contributed by atoms with Crippen LogP contribution in [-0.4, -0.2) is 36.1 Å². The Morgan fingerprint density at radius 3 is 2.62 bits per heavy atom. The second kappa shape index (κ2) is 5.76. The van der Waals surface area contributed by atoms with Gasteiger partial charge in [-0.2, -0.15) is 0 Å². The minimum atomic E-state index is -0.0284. The molecule has 2 aromatic rings. The van der Waals surface area contributed by atoms with Crippen LogP contribution in [0.2, 0.25) is 10.0 Å². The second-order valence-corrected chi connectivity index (χ2v) is 7.22. The summed E-state index contributed by atoms with van der Waals surface area (Å²) in [5.74, 6) is -0.0284. The summed E-state index contributed by atoms with van der Waals surface area (Å²) < 4.78 is 6.60. The van der Waals surface area contributed by atoms with Crippen LogP contribution in [0.5, 0.6) is 0 Å². The predicted molar refractivity (Wildman–Crippen MR) is 87.8 cm³/mol. The van der Waals surface area contributed by atoms with Gasteiger partial charge in [0, 0.05) is 28.2 Å². The van der Waals surface area contributed by atoms with Gasteiger partial charge >= 0.3 is 0 Å². The van der Waals surface area contributed by atoms with Crippen molar-refractivity contribution in [3.63, 3.8) is 0 Å². The first-order chi connectivity index (χ1) is 9.95. The molecule has 3 nitrogen and oxygen atoms in total. The third-order valence-corrected chi connectivity index (χ3v) is 5.37. The van der Waals surface area contributed by atoms with E-state index < -0.39 is 0 Å². The quantitative estimate of drug-likeness (QED) is 0.765. The number of carbonyl (C=O) groups is 1. The van der Waals surface area contributed by atoms with Gasteiger partial charge in [0.2, 0.25) is 0 Å². The van der Waals surface area contributed by atoms with Crippen LogP contribution in [0.4, 0.5) is 0 Å². The summed E-state index contributed by atoms with van der Waals surface area (Å²) >= 11 is 13.8. The first kappa shape index (κ1) is 15.1. The summed E-state index contributed by atoms with van der Waals surface area (Å²) in [4.78, 5) is 15.1. The highest BCUT2D eigenvalue weighted by molar-refractivity contribution is 7.21. The summed E-state index contributed by atoms with van der Waals surface area (Å²) in [6.07, 6.45) is 0.0839. The average molecular weight is 344 g/mol. The number of morpholine rings is 1. The fourth-order valence-electron chi connectivity index (χ4n) is 2.66. The molecule has 1 aromatic heterocycles. The van der Waals surface area contributed by atoms with Crippen molar-refractivity contribution in [2.45, 2.75) is 26.1 Å². The average Bonchev–Trinajstić information content (AvgIpc) is 2.73. The Morgan fingerprint density at radius 1 is 1.29 bits per heavy atom. The fraction of sp³-hybridized carbons (Fsp3) is 0.400. The van der Waals surface area contributed by atoms with Crippen molar-refractivity contribution >= 4 is 50.5 Å². The number of halogens is 2. The molecule has 2 atom stereocenters. The molecule has 1 saturated heterocycles. The molecule has 0 spiro atoms. The molecule has 0 radical (unpaired) electrons.